The van der Waals surface area contributed by atoms with Gasteiger partial charge in [-0.2, -0.15) is 5.10 Å². The molecule has 0 spiro atoms. The number of aryl methyl sites for hydroxylation is 3. The summed E-state index contributed by atoms with van der Waals surface area (Å²) in [5, 5.41) is 10.7. The Hall–Kier alpha value is -1.63. The monoisotopic (exact) mass is 312 g/mol. The zero-order chi connectivity index (χ0) is 13.3. The molecule has 2 rings (SSSR count). The predicted molar refractivity (Wildman–Crippen MR) is 69.5 cm³/mol. The number of hydrogen-bond donors (Lipinski definition) is 1. The Kier molecular flexibility index (Phi) is 3.51. The van der Waals surface area contributed by atoms with Crippen LogP contribution in [0, 0.1) is 13.8 Å². The Balaban J connectivity index is 2.30. The van der Waals surface area contributed by atoms with E-state index in [1.807, 2.05) is 6.92 Å². The first-order chi connectivity index (χ1) is 8.54. The second kappa shape index (κ2) is 4.93. The van der Waals surface area contributed by atoms with Crippen LogP contribution in [0.4, 0.5) is 5.69 Å². The van der Waals surface area contributed by atoms with E-state index >= 15 is 0 Å². The summed E-state index contributed by atoms with van der Waals surface area (Å²) in [6.07, 6.45) is 1.60. The lowest BCUT2D eigenvalue weighted by molar-refractivity contribution is 0.101. The number of halogens is 1. The van der Waals surface area contributed by atoms with Gasteiger partial charge in [0.2, 0.25) is 0 Å². The molecule has 1 amide bonds. The van der Waals surface area contributed by atoms with Gasteiger partial charge in [0, 0.05) is 6.54 Å². The van der Waals surface area contributed by atoms with E-state index < -0.39 is 0 Å². The van der Waals surface area contributed by atoms with Crippen molar-refractivity contribution in [3.63, 3.8) is 0 Å². The van der Waals surface area contributed by atoms with Crippen molar-refractivity contribution >= 4 is 27.5 Å². The van der Waals surface area contributed by atoms with Crippen molar-refractivity contribution in [2.45, 2.75) is 27.3 Å². The fourth-order valence-corrected chi connectivity index (χ4v) is 2.14. The molecule has 7 heteroatoms. The molecule has 0 aliphatic carbocycles. The van der Waals surface area contributed by atoms with Crippen LogP contribution in [0.15, 0.2) is 15.2 Å². The van der Waals surface area contributed by atoms with E-state index in [0.29, 0.717) is 33.9 Å². The minimum absolute atomic E-state index is 0.240. The largest absolute Gasteiger partial charge is 0.359 e. The van der Waals surface area contributed by atoms with Crippen LogP contribution in [0.25, 0.3) is 0 Å². The van der Waals surface area contributed by atoms with Crippen LogP contribution in [0.3, 0.4) is 0 Å². The third-order valence-electron chi connectivity index (χ3n) is 2.58. The lowest BCUT2D eigenvalue weighted by atomic mass is 10.3. The maximum Gasteiger partial charge on any atom is 0.275 e. The summed E-state index contributed by atoms with van der Waals surface area (Å²) >= 11 is 3.32. The molecule has 0 aliphatic heterocycles. The molecule has 0 saturated carbocycles. The molecule has 0 unspecified atom stereocenters. The maximum atomic E-state index is 12.2. The molecule has 2 heterocycles. The normalized spacial score (nSPS) is 10.7. The van der Waals surface area contributed by atoms with Gasteiger partial charge in [-0.05, 0) is 36.7 Å². The number of carbonyl (C=O) groups is 1. The van der Waals surface area contributed by atoms with Gasteiger partial charge in [-0.1, -0.05) is 5.16 Å². The number of nitrogens with one attached hydrogen (secondary N) is 1. The quantitative estimate of drug-likeness (QED) is 0.945. The standard InChI is InChI=1S/C11H13BrN4O2/c1-4-16-10(8(12)5-13-16)11(17)14-9-6(2)15-18-7(9)3/h5H,4H2,1-3H3,(H,14,17). The van der Waals surface area contributed by atoms with E-state index in [-0.39, 0.29) is 5.91 Å². The van der Waals surface area contributed by atoms with Gasteiger partial charge in [-0.25, -0.2) is 0 Å². The van der Waals surface area contributed by atoms with Gasteiger partial charge in [0.15, 0.2) is 5.76 Å². The molecule has 6 nitrogen and oxygen atoms in total. The predicted octanol–water partition coefficient (Wildman–Crippen LogP) is 2.52. The van der Waals surface area contributed by atoms with Crippen molar-refractivity contribution in [1.82, 2.24) is 14.9 Å². The summed E-state index contributed by atoms with van der Waals surface area (Å²) in [4.78, 5) is 12.2. The number of amides is 1. The van der Waals surface area contributed by atoms with Crippen LogP contribution >= 0.6 is 15.9 Å². The van der Waals surface area contributed by atoms with E-state index in [0.717, 1.165) is 0 Å². The second-order valence-corrected chi connectivity index (χ2v) is 4.66. The number of nitrogens with zero attached hydrogens (tertiary/aromatic N) is 3. The number of aromatic nitrogens is 3. The molecule has 0 saturated heterocycles. The van der Waals surface area contributed by atoms with Gasteiger partial charge in [0.25, 0.3) is 5.91 Å². The molecule has 0 aliphatic rings. The summed E-state index contributed by atoms with van der Waals surface area (Å²) < 4.78 is 7.28. The highest BCUT2D eigenvalue weighted by atomic mass is 79.9. The molecule has 1 N–H and O–H groups in total. The highest BCUT2D eigenvalue weighted by Gasteiger charge is 2.19. The van der Waals surface area contributed by atoms with E-state index in [1.54, 1.807) is 24.7 Å². The average molecular weight is 313 g/mol. The fraction of sp³-hybridized carbons (Fsp3) is 0.364. The van der Waals surface area contributed by atoms with Crippen LogP contribution in [-0.4, -0.2) is 20.8 Å². The number of hydrogen-bond acceptors (Lipinski definition) is 4. The Bertz CT molecular complexity index is 568. The summed E-state index contributed by atoms with van der Waals surface area (Å²) in [6, 6.07) is 0. The molecule has 0 fully saturated rings. The number of carbonyl (C=O) groups excluding carboxylic acids is 1. The van der Waals surface area contributed by atoms with Gasteiger partial charge in [0.05, 0.1) is 10.7 Å². The van der Waals surface area contributed by atoms with Crippen molar-refractivity contribution in [3.05, 3.63) is 27.8 Å². The Morgan fingerprint density at radius 1 is 1.56 bits per heavy atom. The minimum atomic E-state index is -0.240. The smallest absolute Gasteiger partial charge is 0.275 e. The van der Waals surface area contributed by atoms with Crippen molar-refractivity contribution < 1.29 is 9.32 Å². The van der Waals surface area contributed by atoms with Crippen LogP contribution in [0.5, 0.6) is 0 Å². The first-order valence-electron chi connectivity index (χ1n) is 5.50. The molecule has 0 radical (unpaired) electrons. The molecule has 0 bridgehead atoms. The zero-order valence-electron chi connectivity index (χ0n) is 10.3. The maximum absolute atomic E-state index is 12.2. The van der Waals surface area contributed by atoms with E-state index in [9.17, 15) is 4.79 Å². The Morgan fingerprint density at radius 2 is 2.28 bits per heavy atom. The molecule has 0 aromatic carbocycles. The topological polar surface area (TPSA) is 73.0 Å². The van der Waals surface area contributed by atoms with Gasteiger partial charge >= 0.3 is 0 Å². The van der Waals surface area contributed by atoms with Crippen LogP contribution in [-0.2, 0) is 6.54 Å². The second-order valence-electron chi connectivity index (χ2n) is 3.81. The molecule has 2 aromatic rings. The third-order valence-corrected chi connectivity index (χ3v) is 3.16. The number of anilines is 1. The first-order valence-corrected chi connectivity index (χ1v) is 6.29. The van der Waals surface area contributed by atoms with Crippen LogP contribution in [0.2, 0.25) is 0 Å². The van der Waals surface area contributed by atoms with Crippen molar-refractivity contribution in [2.75, 3.05) is 5.32 Å². The van der Waals surface area contributed by atoms with Crippen molar-refractivity contribution in [3.8, 4) is 0 Å². The third kappa shape index (κ3) is 2.17. The Labute approximate surface area is 112 Å². The molecular weight excluding hydrogens is 300 g/mol. The Morgan fingerprint density at radius 3 is 2.83 bits per heavy atom. The molecule has 0 atom stereocenters. The summed E-state index contributed by atoms with van der Waals surface area (Å²) in [5.41, 5.74) is 1.74. The van der Waals surface area contributed by atoms with E-state index in [1.165, 1.54) is 0 Å². The summed E-state index contributed by atoms with van der Waals surface area (Å²) in [7, 11) is 0. The molecule has 18 heavy (non-hydrogen) atoms. The first kappa shape index (κ1) is 12.8. The van der Waals surface area contributed by atoms with Crippen molar-refractivity contribution in [2.24, 2.45) is 0 Å². The van der Waals surface area contributed by atoms with Crippen LogP contribution in [0.1, 0.15) is 28.9 Å². The molecule has 96 valence electrons. The molecular formula is C11H13BrN4O2. The van der Waals surface area contributed by atoms with Gasteiger partial charge in [-0.15, -0.1) is 0 Å². The van der Waals surface area contributed by atoms with Crippen molar-refractivity contribution in [1.29, 1.82) is 0 Å². The van der Waals surface area contributed by atoms with Gasteiger partial charge in [-0.3, -0.25) is 9.48 Å². The zero-order valence-corrected chi connectivity index (χ0v) is 11.9. The molecule has 2 aromatic heterocycles. The highest BCUT2D eigenvalue weighted by molar-refractivity contribution is 9.10. The fourth-order valence-electron chi connectivity index (χ4n) is 1.66. The number of rotatable bonds is 3. The summed E-state index contributed by atoms with van der Waals surface area (Å²) in [6.45, 7) is 6.07. The van der Waals surface area contributed by atoms with Gasteiger partial charge in [0.1, 0.15) is 17.1 Å². The van der Waals surface area contributed by atoms with E-state index in [2.05, 4.69) is 31.5 Å². The van der Waals surface area contributed by atoms with Gasteiger partial charge < -0.3 is 9.84 Å². The van der Waals surface area contributed by atoms with Crippen LogP contribution < -0.4 is 5.32 Å². The lowest BCUT2D eigenvalue weighted by Crippen LogP contribution is -2.18. The average Bonchev–Trinajstić information content (AvgIpc) is 2.86. The SMILES string of the molecule is CCn1ncc(Br)c1C(=O)Nc1c(C)noc1C. The van der Waals surface area contributed by atoms with E-state index in [4.69, 9.17) is 4.52 Å². The highest BCUT2D eigenvalue weighted by Crippen LogP contribution is 2.22. The lowest BCUT2D eigenvalue weighted by Gasteiger charge is -2.06. The minimum Gasteiger partial charge on any atom is -0.359 e. The summed E-state index contributed by atoms with van der Waals surface area (Å²) in [5.74, 6) is 0.343.